The van der Waals surface area contributed by atoms with E-state index in [1.807, 2.05) is 6.92 Å². The molecule has 176 valence electrons. The summed E-state index contributed by atoms with van der Waals surface area (Å²) in [4.78, 5) is 14.9. The van der Waals surface area contributed by atoms with Gasteiger partial charge < -0.3 is 9.64 Å². The fourth-order valence-corrected chi connectivity index (χ4v) is 5.30. The molecule has 0 amide bonds. The largest absolute Gasteiger partial charge is 0.372 e. The highest BCUT2D eigenvalue weighted by molar-refractivity contribution is 7.92. The Morgan fingerprint density at radius 2 is 1.77 bits per heavy atom. The van der Waals surface area contributed by atoms with Crippen molar-refractivity contribution in [3.63, 3.8) is 0 Å². The Bertz CT molecular complexity index is 847. The third-order valence-electron chi connectivity index (χ3n) is 6.23. The zero-order valence-corrected chi connectivity index (χ0v) is 21.2. The summed E-state index contributed by atoms with van der Waals surface area (Å²) in [6, 6.07) is 6.36. The normalized spacial score (nSPS) is 21.2. The quantitative estimate of drug-likeness (QED) is 0.543. The summed E-state index contributed by atoms with van der Waals surface area (Å²) in [5.41, 5.74) is 3.40. The molecule has 0 radical (unpaired) electrons. The maximum absolute atomic E-state index is 12.6. The number of carbonyl (C=O) groups is 1. The van der Waals surface area contributed by atoms with Crippen LogP contribution in [-0.4, -0.2) is 50.0 Å². The van der Waals surface area contributed by atoms with E-state index in [4.69, 9.17) is 4.74 Å². The van der Waals surface area contributed by atoms with Crippen LogP contribution in [0, 0.1) is 12.8 Å². The average molecular weight is 452 g/mol. The van der Waals surface area contributed by atoms with E-state index in [0.29, 0.717) is 19.3 Å². The number of carbonyl (C=O) groups excluding carboxylic acids is 1. The first-order valence-corrected chi connectivity index (χ1v) is 13.2. The Balaban J connectivity index is 1.85. The van der Waals surface area contributed by atoms with Gasteiger partial charge in [-0.1, -0.05) is 13.0 Å². The number of Topliss-reactive ketones (excluding diaryl/α,β-unsaturated/α-hetero) is 1. The van der Waals surface area contributed by atoms with Crippen LogP contribution in [-0.2, 0) is 25.8 Å². The number of benzene rings is 1. The van der Waals surface area contributed by atoms with E-state index >= 15 is 0 Å². The van der Waals surface area contributed by atoms with Crippen LogP contribution < -0.4 is 4.90 Å². The average Bonchev–Trinajstić information content (AvgIpc) is 2.64. The molecule has 3 atom stereocenters. The second-order valence-electron chi connectivity index (χ2n) is 10.4. The molecule has 0 aliphatic carbocycles. The minimum absolute atomic E-state index is 0.186. The monoisotopic (exact) mass is 451 g/mol. The molecule has 1 saturated heterocycles. The summed E-state index contributed by atoms with van der Waals surface area (Å²) < 4.78 is 29.7. The van der Waals surface area contributed by atoms with Crippen LogP contribution in [0.1, 0.15) is 71.9 Å². The van der Waals surface area contributed by atoms with Crippen molar-refractivity contribution in [1.82, 2.24) is 0 Å². The summed E-state index contributed by atoms with van der Waals surface area (Å²) in [7, 11) is -3.10. The molecule has 1 unspecified atom stereocenters. The number of sulfone groups is 1. The minimum atomic E-state index is -3.10. The molecule has 1 fully saturated rings. The molecule has 2 rings (SSSR count). The van der Waals surface area contributed by atoms with E-state index in [1.54, 1.807) is 20.8 Å². The second-order valence-corrected chi connectivity index (χ2v) is 13.2. The van der Waals surface area contributed by atoms with E-state index < -0.39 is 14.6 Å². The van der Waals surface area contributed by atoms with Crippen LogP contribution in [0.4, 0.5) is 5.69 Å². The van der Waals surface area contributed by atoms with Crippen molar-refractivity contribution >= 4 is 21.3 Å². The number of ether oxygens (including phenoxy) is 1. The van der Waals surface area contributed by atoms with Gasteiger partial charge in [0.15, 0.2) is 9.84 Å². The molecule has 1 aliphatic rings. The molecule has 1 heterocycles. The van der Waals surface area contributed by atoms with Gasteiger partial charge in [-0.2, -0.15) is 0 Å². The summed E-state index contributed by atoms with van der Waals surface area (Å²) in [5.74, 6) is 0.621. The maximum atomic E-state index is 12.6. The predicted molar refractivity (Wildman–Crippen MR) is 129 cm³/mol. The van der Waals surface area contributed by atoms with Crippen LogP contribution in [0.2, 0.25) is 0 Å². The smallest absolute Gasteiger partial charge is 0.155 e. The molecule has 0 spiro atoms. The van der Waals surface area contributed by atoms with Gasteiger partial charge in [0.1, 0.15) is 5.78 Å². The third kappa shape index (κ3) is 7.60. The fourth-order valence-electron chi connectivity index (χ4n) is 3.98. The number of hydrogen-bond acceptors (Lipinski definition) is 5. The molecule has 0 saturated carbocycles. The van der Waals surface area contributed by atoms with Crippen molar-refractivity contribution in [2.24, 2.45) is 5.92 Å². The van der Waals surface area contributed by atoms with Gasteiger partial charge in [0, 0.05) is 31.6 Å². The standard InChI is InChI=1S/C25H41NO4S/c1-18(12-13-31(28,29)25(5,6)7)8-11-24(27)15-22-9-10-23(14-19(22)2)26-16-20(3)30-21(4)17-26/h9-10,14,18,20-21H,8,11-13,15-17H2,1-7H3/t18?,20-,21+. The Morgan fingerprint density at radius 3 is 2.32 bits per heavy atom. The van der Waals surface area contributed by atoms with E-state index in [1.165, 1.54) is 5.69 Å². The van der Waals surface area contributed by atoms with E-state index in [-0.39, 0.29) is 29.7 Å². The molecule has 0 aromatic heterocycles. The zero-order chi connectivity index (χ0) is 23.4. The van der Waals surface area contributed by atoms with Crippen molar-refractivity contribution in [3.8, 4) is 0 Å². The van der Waals surface area contributed by atoms with Gasteiger partial charge in [-0.15, -0.1) is 0 Å². The summed E-state index contributed by atoms with van der Waals surface area (Å²) in [6.07, 6.45) is 2.71. The highest BCUT2D eigenvalue weighted by Gasteiger charge is 2.29. The number of anilines is 1. The Morgan fingerprint density at radius 1 is 1.16 bits per heavy atom. The molecule has 31 heavy (non-hydrogen) atoms. The number of hydrogen-bond donors (Lipinski definition) is 0. The first-order chi connectivity index (χ1) is 14.3. The molecular formula is C25H41NO4S. The van der Waals surface area contributed by atoms with Gasteiger partial charge in [-0.25, -0.2) is 8.42 Å². The Labute approximate surface area is 189 Å². The van der Waals surface area contributed by atoms with Gasteiger partial charge in [-0.05, 0) is 83.6 Å². The summed E-state index contributed by atoms with van der Waals surface area (Å²) in [6.45, 7) is 15.3. The van der Waals surface area contributed by atoms with Crippen LogP contribution >= 0.6 is 0 Å². The third-order valence-corrected chi connectivity index (χ3v) is 8.87. The van der Waals surface area contributed by atoms with E-state index in [0.717, 1.165) is 30.6 Å². The Hall–Kier alpha value is -1.40. The number of nitrogens with zero attached hydrogens (tertiary/aromatic N) is 1. The number of aryl methyl sites for hydroxylation is 1. The lowest BCUT2D eigenvalue weighted by Crippen LogP contribution is -2.45. The lowest BCUT2D eigenvalue weighted by molar-refractivity contribution is -0.118. The first kappa shape index (κ1) is 25.9. The van der Waals surface area contributed by atoms with Crippen LogP contribution in [0.25, 0.3) is 0 Å². The van der Waals surface area contributed by atoms with Crippen molar-refractivity contribution < 1.29 is 17.9 Å². The fraction of sp³-hybridized carbons (Fsp3) is 0.720. The highest BCUT2D eigenvalue weighted by atomic mass is 32.2. The van der Waals surface area contributed by atoms with E-state index in [2.05, 4.69) is 43.9 Å². The lowest BCUT2D eigenvalue weighted by atomic mass is 9.96. The molecule has 0 bridgehead atoms. The van der Waals surface area contributed by atoms with Crippen molar-refractivity contribution in [2.45, 2.75) is 91.1 Å². The van der Waals surface area contributed by atoms with Crippen molar-refractivity contribution in [3.05, 3.63) is 29.3 Å². The number of rotatable bonds is 9. The second kappa shape index (κ2) is 10.5. The van der Waals surface area contributed by atoms with Crippen LogP contribution in [0.15, 0.2) is 18.2 Å². The SMILES string of the molecule is Cc1cc(N2C[C@@H](C)O[C@@H](C)C2)ccc1CC(=O)CCC(C)CCS(=O)(=O)C(C)(C)C. The van der Waals surface area contributed by atoms with Crippen LogP contribution in [0.3, 0.4) is 0 Å². The number of morpholine rings is 1. The summed E-state index contributed by atoms with van der Waals surface area (Å²) >= 11 is 0. The summed E-state index contributed by atoms with van der Waals surface area (Å²) in [5, 5.41) is 0. The van der Waals surface area contributed by atoms with Crippen LogP contribution in [0.5, 0.6) is 0 Å². The molecule has 1 aromatic carbocycles. The van der Waals surface area contributed by atoms with Gasteiger partial charge in [0.2, 0.25) is 0 Å². The van der Waals surface area contributed by atoms with Gasteiger partial charge in [-0.3, -0.25) is 4.79 Å². The topological polar surface area (TPSA) is 63.7 Å². The van der Waals surface area contributed by atoms with Gasteiger partial charge >= 0.3 is 0 Å². The van der Waals surface area contributed by atoms with Gasteiger partial charge in [0.05, 0.1) is 22.7 Å². The minimum Gasteiger partial charge on any atom is -0.372 e. The molecule has 5 nitrogen and oxygen atoms in total. The number of ketones is 1. The first-order valence-electron chi connectivity index (χ1n) is 11.5. The zero-order valence-electron chi connectivity index (χ0n) is 20.4. The molecular weight excluding hydrogens is 410 g/mol. The Kier molecular flexibility index (Phi) is 8.74. The van der Waals surface area contributed by atoms with Gasteiger partial charge in [0.25, 0.3) is 0 Å². The molecule has 6 heteroatoms. The lowest BCUT2D eigenvalue weighted by Gasteiger charge is -2.37. The molecule has 1 aromatic rings. The van der Waals surface area contributed by atoms with Crippen molar-refractivity contribution in [1.29, 1.82) is 0 Å². The van der Waals surface area contributed by atoms with E-state index in [9.17, 15) is 13.2 Å². The molecule has 0 N–H and O–H groups in total. The predicted octanol–water partition coefficient (Wildman–Crippen LogP) is 4.74. The maximum Gasteiger partial charge on any atom is 0.155 e. The molecule has 1 aliphatic heterocycles. The van der Waals surface area contributed by atoms with Crippen molar-refractivity contribution in [2.75, 3.05) is 23.7 Å². The highest BCUT2D eigenvalue weighted by Crippen LogP contribution is 2.24.